The lowest BCUT2D eigenvalue weighted by Crippen LogP contribution is -2.40. The molecule has 1 rings (SSSR count). The zero-order valence-electron chi connectivity index (χ0n) is 8.65. The van der Waals surface area contributed by atoms with Crippen LogP contribution in [0.3, 0.4) is 0 Å². The first-order valence-electron chi connectivity index (χ1n) is 4.69. The van der Waals surface area contributed by atoms with E-state index in [9.17, 15) is 9.59 Å². The van der Waals surface area contributed by atoms with E-state index in [0.29, 0.717) is 5.69 Å². The third-order valence-electron chi connectivity index (χ3n) is 2.34. The Morgan fingerprint density at radius 2 is 2.13 bits per heavy atom. The number of carbonyl (C=O) groups excluding carboxylic acids is 1. The standard InChI is InChI=1S/C10H14N2O3/c1-6(10(14)15)7(2)12-9(13)8-4-3-5-11-8/h3-7,11H,1-2H3,(H,12,13)(H,14,15). The smallest absolute Gasteiger partial charge is 0.308 e. The van der Waals surface area contributed by atoms with Crippen LogP contribution in [0, 0.1) is 5.92 Å². The van der Waals surface area contributed by atoms with Crippen molar-refractivity contribution in [2.75, 3.05) is 0 Å². The van der Waals surface area contributed by atoms with Crippen molar-refractivity contribution in [1.29, 1.82) is 0 Å². The van der Waals surface area contributed by atoms with Crippen molar-refractivity contribution >= 4 is 11.9 Å². The van der Waals surface area contributed by atoms with Crippen LogP contribution in [0.15, 0.2) is 18.3 Å². The van der Waals surface area contributed by atoms with Crippen molar-refractivity contribution in [2.24, 2.45) is 5.92 Å². The van der Waals surface area contributed by atoms with Gasteiger partial charge in [-0.05, 0) is 26.0 Å². The Bertz CT molecular complexity index is 346. The second kappa shape index (κ2) is 4.63. The summed E-state index contributed by atoms with van der Waals surface area (Å²) in [7, 11) is 0. The molecule has 0 bridgehead atoms. The molecule has 0 aliphatic carbocycles. The van der Waals surface area contributed by atoms with Crippen molar-refractivity contribution < 1.29 is 14.7 Å². The lowest BCUT2D eigenvalue weighted by Gasteiger charge is -2.17. The van der Waals surface area contributed by atoms with E-state index >= 15 is 0 Å². The molecule has 0 fully saturated rings. The van der Waals surface area contributed by atoms with E-state index in [1.54, 1.807) is 32.2 Å². The summed E-state index contributed by atoms with van der Waals surface area (Å²) in [5.74, 6) is -1.82. The van der Waals surface area contributed by atoms with Crippen LogP contribution in [0.2, 0.25) is 0 Å². The molecular formula is C10H14N2O3. The Hall–Kier alpha value is -1.78. The highest BCUT2D eigenvalue weighted by atomic mass is 16.4. The van der Waals surface area contributed by atoms with E-state index in [2.05, 4.69) is 10.3 Å². The second-order valence-electron chi connectivity index (χ2n) is 3.47. The molecule has 0 aliphatic heterocycles. The number of hydrogen-bond acceptors (Lipinski definition) is 2. The minimum atomic E-state index is -0.922. The summed E-state index contributed by atoms with van der Waals surface area (Å²) >= 11 is 0. The number of nitrogens with one attached hydrogen (secondary N) is 2. The highest BCUT2D eigenvalue weighted by Crippen LogP contribution is 2.04. The minimum Gasteiger partial charge on any atom is -0.481 e. The van der Waals surface area contributed by atoms with Crippen molar-refractivity contribution in [3.8, 4) is 0 Å². The average molecular weight is 210 g/mol. The maximum Gasteiger partial charge on any atom is 0.308 e. The molecule has 82 valence electrons. The van der Waals surface area contributed by atoms with Crippen molar-refractivity contribution in [3.05, 3.63) is 24.0 Å². The molecule has 5 nitrogen and oxygen atoms in total. The number of H-pyrrole nitrogens is 1. The monoisotopic (exact) mass is 210 g/mol. The van der Waals surface area contributed by atoms with E-state index in [1.807, 2.05) is 0 Å². The summed E-state index contributed by atoms with van der Waals surface area (Å²) in [5.41, 5.74) is 0.430. The molecule has 2 unspecified atom stereocenters. The van der Waals surface area contributed by atoms with Gasteiger partial charge in [-0.3, -0.25) is 9.59 Å². The SMILES string of the molecule is CC(NC(=O)c1ccc[nH]1)C(C)C(=O)O. The maximum absolute atomic E-state index is 11.5. The van der Waals surface area contributed by atoms with Gasteiger partial charge in [-0.15, -0.1) is 0 Å². The molecule has 0 aromatic carbocycles. The Morgan fingerprint density at radius 3 is 2.60 bits per heavy atom. The maximum atomic E-state index is 11.5. The molecule has 3 N–H and O–H groups in total. The molecule has 0 spiro atoms. The number of hydrogen-bond donors (Lipinski definition) is 3. The van der Waals surface area contributed by atoms with Gasteiger partial charge >= 0.3 is 5.97 Å². The van der Waals surface area contributed by atoms with Crippen molar-refractivity contribution in [1.82, 2.24) is 10.3 Å². The molecule has 1 aromatic heterocycles. The van der Waals surface area contributed by atoms with Gasteiger partial charge < -0.3 is 15.4 Å². The normalized spacial score (nSPS) is 14.3. The average Bonchev–Trinajstić information content (AvgIpc) is 2.68. The zero-order chi connectivity index (χ0) is 11.4. The van der Waals surface area contributed by atoms with Crippen LogP contribution in [0.4, 0.5) is 0 Å². The second-order valence-corrected chi connectivity index (χ2v) is 3.47. The van der Waals surface area contributed by atoms with Gasteiger partial charge in [0, 0.05) is 12.2 Å². The first kappa shape index (κ1) is 11.3. The van der Waals surface area contributed by atoms with Crippen molar-refractivity contribution in [3.63, 3.8) is 0 Å². The van der Waals surface area contributed by atoms with Crippen LogP contribution in [0.5, 0.6) is 0 Å². The van der Waals surface area contributed by atoms with E-state index < -0.39 is 17.9 Å². The third-order valence-corrected chi connectivity index (χ3v) is 2.34. The zero-order valence-corrected chi connectivity index (χ0v) is 8.65. The number of amides is 1. The Kier molecular flexibility index (Phi) is 3.49. The highest BCUT2D eigenvalue weighted by Gasteiger charge is 2.21. The molecule has 0 aliphatic rings. The van der Waals surface area contributed by atoms with Crippen LogP contribution in [0.25, 0.3) is 0 Å². The van der Waals surface area contributed by atoms with E-state index in [4.69, 9.17) is 5.11 Å². The number of aromatic nitrogens is 1. The van der Waals surface area contributed by atoms with Crippen LogP contribution in [-0.2, 0) is 4.79 Å². The molecule has 0 saturated carbocycles. The lowest BCUT2D eigenvalue weighted by molar-refractivity contribution is -0.141. The number of carboxylic acid groups (broad SMARTS) is 1. The van der Waals surface area contributed by atoms with Gasteiger partial charge in [0.1, 0.15) is 5.69 Å². The van der Waals surface area contributed by atoms with Gasteiger partial charge in [0.05, 0.1) is 5.92 Å². The number of carbonyl (C=O) groups is 2. The molecule has 1 aromatic rings. The number of rotatable bonds is 4. The van der Waals surface area contributed by atoms with Gasteiger partial charge in [0.2, 0.25) is 0 Å². The fourth-order valence-electron chi connectivity index (χ4n) is 1.09. The predicted octanol–water partition coefficient (Wildman–Crippen LogP) is 0.854. The summed E-state index contributed by atoms with van der Waals surface area (Å²) in [6, 6.07) is 2.94. The van der Waals surface area contributed by atoms with E-state index in [0.717, 1.165) is 0 Å². The van der Waals surface area contributed by atoms with Crippen molar-refractivity contribution in [2.45, 2.75) is 19.9 Å². The van der Waals surface area contributed by atoms with E-state index in [1.165, 1.54) is 0 Å². The summed E-state index contributed by atoms with van der Waals surface area (Å²) in [6.07, 6.45) is 1.64. The summed E-state index contributed by atoms with van der Waals surface area (Å²) in [4.78, 5) is 24.9. The largest absolute Gasteiger partial charge is 0.481 e. The first-order chi connectivity index (χ1) is 7.02. The molecule has 2 atom stereocenters. The molecule has 0 radical (unpaired) electrons. The van der Waals surface area contributed by atoms with Crippen LogP contribution < -0.4 is 5.32 Å². The summed E-state index contributed by atoms with van der Waals surface area (Å²) < 4.78 is 0. The quantitative estimate of drug-likeness (QED) is 0.689. The van der Waals surface area contributed by atoms with Crippen LogP contribution >= 0.6 is 0 Å². The van der Waals surface area contributed by atoms with Gasteiger partial charge in [0.25, 0.3) is 5.91 Å². The topological polar surface area (TPSA) is 82.2 Å². The molecule has 1 heterocycles. The van der Waals surface area contributed by atoms with Crippen LogP contribution in [0.1, 0.15) is 24.3 Å². The third kappa shape index (κ3) is 2.83. The predicted molar refractivity (Wildman–Crippen MR) is 54.5 cm³/mol. The molecular weight excluding hydrogens is 196 g/mol. The molecule has 0 saturated heterocycles. The van der Waals surface area contributed by atoms with Gasteiger partial charge in [-0.25, -0.2) is 0 Å². The molecule has 5 heteroatoms. The van der Waals surface area contributed by atoms with E-state index in [-0.39, 0.29) is 5.91 Å². The Balaban J connectivity index is 2.56. The number of aromatic amines is 1. The molecule has 15 heavy (non-hydrogen) atoms. The van der Waals surface area contributed by atoms with Gasteiger partial charge in [0.15, 0.2) is 0 Å². The van der Waals surface area contributed by atoms with Crippen LogP contribution in [-0.4, -0.2) is 28.0 Å². The number of carboxylic acids is 1. The Morgan fingerprint density at radius 1 is 1.47 bits per heavy atom. The summed E-state index contributed by atoms with van der Waals surface area (Å²) in [6.45, 7) is 3.22. The first-order valence-corrected chi connectivity index (χ1v) is 4.69. The highest BCUT2D eigenvalue weighted by molar-refractivity contribution is 5.92. The van der Waals surface area contributed by atoms with Gasteiger partial charge in [-0.2, -0.15) is 0 Å². The fraction of sp³-hybridized carbons (Fsp3) is 0.400. The summed E-state index contributed by atoms with van der Waals surface area (Å²) in [5, 5.41) is 11.3. The van der Waals surface area contributed by atoms with Gasteiger partial charge in [-0.1, -0.05) is 0 Å². The minimum absolute atomic E-state index is 0.291. The Labute approximate surface area is 87.5 Å². The fourth-order valence-corrected chi connectivity index (χ4v) is 1.09. The molecule has 1 amide bonds. The number of aliphatic carboxylic acids is 1. The lowest BCUT2D eigenvalue weighted by atomic mass is 10.0.